The Morgan fingerprint density at radius 1 is 0.863 bits per heavy atom. The number of nitrogens with zero attached hydrogens (tertiary/aromatic N) is 2. The van der Waals surface area contributed by atoms with Gasteiger partial charge in [-0.15, -0.1) is 0 Å². The summed E-state index contributed by atoms with van der Waals surface area (Å²) in [5, 5.41) is 10.2. The van der Waals surface area contributed by atoms with E-state index >= 15 is 0 Å². The molecule has 0 saturated heterocycles. The molecule has 5 aromatic rings. The van der Waals surface area contributed by atoms with E-state index in [2.05, 4.69) is 52.7 Å². The smallest absolute Gasteiger partial charge is 0.274 e. The molecule has 264 valence electrons. The molecule has 0 atom stereocenters. The van der Waals surface area contributed by atoms with Gasteiger partial charge in [-0.3, -0.25) is 14.5 Å². The van der Waals surface area contributed by atoms with Crippen LogP contribution in [0.25, 0.3) is 22.5 Å². The zero-order valence-corrected chi connectivity index (χ0v) is 29.8. The monoisotopic (exact) mass is 686 g/mol. The van der Waals surface area contributed by atoms with Gasteiger partial charge in [-0.25, -0.2) is 0 Å². The van der Waals surface area contributed by atoms with Crippen molar-refractivity contribution in [3.05, 3.63) is 125 Å². The van der Waals surface area contributed by atoms with Crippen LogP contribution in [0.3, 0.4) is 0 Å². The van der Waals surface area contributed by atoms with Gasteiger partial charge in [-0.1, -0.05) is 97.9 Å². The van der Waals surface area contributed by atoms with Crippen LogP contribution in [0.5, 0.6) is 11.5 Å². The zero-order chi connectivity index (χ0) is 35.7. The number of aromatic nitrogens is 1. The van der Waals surface area contributed by atoms with Crippen LogP contribution in [0.4, 0.5) is 0 Å². The predicted octanol–water partition coefficient (Wildman–Crippen LogP) is 7.53. The van der Waals surface area contributed by atoms with Crippen molar-refractivity contribution in [1.82, 2.24) is 20.7 Å². The standard InChI is InChI=1S/C42H46N4O5/c1-5-43-42(48)40-39(33-16-17-34-25-46(20-18-32(34)22-33)21-19-44-29(4)47)41(51-45-40)36-23-35(28(2)3)37(49-26-30-12-8-6-9-13-30)24-38(36)50-27-31-14-10-7-11-15-31/h6-17,22-24,28H,5,18-21,25-27H2,1-4H3,(H,43,48)(H,44,47). The quantitative estimate of drug-likeness (QED) is 0.124. The second-order valence-electron chi connectivity index (χ2n) is 13.2. The molecule has 51 heavy (non-hydrogen) atoms. The molecule has 0 radical (unpaired) electrons. The van der Waals surface area contributed by atoms with Crippen molar-refractivity contribution in [1.29, 1.82) is 0 Å². The zero-order valence-electron chi connectivity index (χ0n) is 29.8. The van der Waals surface area contributed by atoms with Gasteiger partial charge in [-0.05, 0) is 58.7 Å². The molecule has 1 aliphatic rings. The predicted molar refractivity (Wildman–Crippen MR) is 199 cm³/mol. The minimum atomic E-state index is -0.303. The van der Waals surface area contributed by atoms with Crippen LogP contribution < -0.4 is 20.1 Å². The van der Waals surface area contributed by atoms with Crippen LogP contribution in [-0.2, 0) is 31.0 Å². The fourth-order valence-corrected chi connectivity index (χ4v) is 6.41. The van der Waals surface area contributed by atoms with Gasteiger partial charge in [0.15, 0.2) is 11.5 Å². The number of hydrogen-bond donors (Lipinski definition) is 2. The van der Waals surface area contributed by atoms with Gasteiger partial charge in [0.25, 0.3) is 5.91 Å². The largest absolute Gasteiger partial charge is 0.488 e. The Labute approximate surface area is 300 Å². The second-order valence-corrected chi connectivity index (χ2v) is 13.2. The van der Waals surface area contributed by atoms with Crippen LogP contribution in [0.2, 0.25) is 0 Å². The maximum Gasteiger partial charge on any atom is 0.274 e. The summed E-state index contributed by atoms with van der Waals surface area (Å²) in [5.74, 6) is 1.55. The van der Waals surface area contributed by atoms with Gasteiger partial charge in [0.05, 0.1) is 11.1 Å². The van der Waals surface area contributed by atoms with Gasteiger partial charge in [0, 0.05) is 45.7 Å². The Bertz CT molecular complexity index is 1960. The lowest BCUT2D eigenvalue weighted by atomic mass is 9.91. The number of carbonyl (C=O) groups is 2. The summed E-state index contributed by atoms with van der Waals surface area (Å²) in [7, 11) is 0. The van der Waals surface area contributed by atoms with Crippen LogP contribution >= 0.6 is 0 Å². The van der Waals surface area contributed by atoms with E-state index in [0.717, 1.165) is 54.1 Å². The molecule has 2 heterocycles. The van der Waals surface area contributed by atoms with Crippen molar-refractivity contribution >= 4 is 11.8 Å². The first kappa shape index (κ1) is 35.4. The SMILES string of the molecule is CCNC(=O)c1noc(-c2cc(C(C)C)c(OCc3ccccc3)cc2OCc2ccccc2)c1-c1ccc2c(c1)CCN(CCNC(C)=O)C2. The third-order valence-electron chi connectivity index (χ3n) is 9.09. The van der Waals surface area contributed by atoms with Crippen LogP contribution in [0.1, 0.15) is 71.9 Å². The van der Waals surface area contributed by atoms with Crippen molar-refractivity contribution in [3.8, 4) is 33.9 Å². The molecule has 0 spiro atoms. The minimum absolute atomic E-state index is 0.0204. The fourth-order valence-electron chi connectivity index (χ4n) is 6.41. The molecular formula is C42H46N4O5. The highest BCUT2D eigenvalue weighted by atomic mass is 16.5. The number of benzene rings is 4. The molecule has 0 fully saturated rings. The molecule has 2 N–H and O–H groups in total. The summed E-state index contributed by atoms with van der Waals surface area (Å²) >= 11 is 0. The summed E-state index contributed by atoms with van der Waals surface area (Å²) in [5.41, 5.74) is 7.90. The molecule has 6 rings (SSSR count). The van der Waals surface area contributed by atoms with Crippen molar-refractivity contribution < 1.29 is 23.6 Å². The first-order valence-electron chi connectivity index (χ1n) is 17.7. The van der Waals surface area contributed by atoms with Crippen molar-refractivity contribution in [3.63, 3.8) is 0 Å². The summed E-state index contributed by atoms with van der Waals surface area (Å²) in [4.78, 5) is 27.2. The Hall–Kier alpha value is -5.41. The molecule has 0 aliphatic carbocycles. The minimum Gasteiger partial charge on any atom is -0.488 e. The number of carbonyl (C=O) groups excluding carboxylic acids is 2. The maximum atomic E-state index is 13.5. The maximum absolute atomic E-state index is 13.5. The van der Waals surface area contributed by atoms with Gasteiger partial charge >= 0.3 is 0 Å². The van der Waals surface area contributed by atoms with E-state index in [0.29, 0.717) is 48.9 Å². The lowest BCUT2D eigenvalue weighted by Crippen LogP contribution is -2.37. The summed E-state index contributed by atoms with van der Waals surface area (Å²) in [6.07, 6.45) is 0.844. The van der Waals surface area contributed by atoms with Gasteiger partial charge in [-0.2, -0.15) is 0 Å². The Morgan fingerprint density at radius 2 is 1.55 bits per heavy atom. The normalized spacial score (nSPS) is 12.7. The molecule has 0 unspecified atom stereocenters. The average Bonchev–Trinajstić information content (AvgIpc) is 3.59. The fraction of sp³-hybridized carbons (Fsp3) is 0.310. The molecule has 2 amide bonds. The number of amides is 2. The number of nitrogens with one attached hydrogen (secondary N) is 2. The molecule has 4 aromatic carbocycles. The van der Waals surface area contributed by atoms with E-state index in [9.17, 15) is 9.59 Å². The summed E-state index contributed by atoms with van der Waals surface area (Å²) < 4.78 is 19.2. The van der Waals surface area contributed by atoms with Gasteiger partial charge in [0.1, 0.15) is 24.7 Å². The third kappa shape index (κ3) is 8.67. The number of rotatable bonds is 14. The van der Waals surface area contributed by atoms with E-state index in [1.54, 1.807) is 0 Å². The topological polar surface area (TPSA) is 106 Å². The van der Waals surface area contributed by atoms with E-state index in [4.69, 9.17) is 14.0 Å². The lowest BCUT2D eigenvalue weighted by Gasteiger charge is -2.29. The highest BCUT2D eigenvalue weighted by Crippen LogP contribution is 2.45. The average molecular weight is 687 g/mol. The van der Waals surface area contributed by atoms with Crippen LogP contribution in [-0.4, -0.2) is 48.0 Å². The Morgan fingerprint density at radius 3 is 2.20 bits per heavy atom. The number of ether oxygens (including phenoxy) is 2. The molecule has 0 bridgehead atoms. The number of fused-ring (bicyclic) bond motifs is 1. The molecule has 9 heteroatoms. The summed E-state index contributed by atoms with van der Waals surface area (Å²) in [6, 6.07) is 30.4. The van der Waals surface area contributed by atoms with E-state index < -0.39 is 0 Å². The summed E-state index contributed by atoms with van der Waals surface area (Å²) in [6.45, 7) is 11.9. The highest BCUT2D eigenvalue weighted by molar-refractivity contribution is 6.02. The first-order chi connectivity index (χ1) is 24.8. The van der Waals surface area contributed by atoms with E-state index in [1.807, 2.05) is 79.7 Å². The van der Waals surface area contributed by atoms with Gasteiger partial charge in [0.2, 0.25) is 5.91 Å². The Balaban J connectivity index is 1.42. The third-order valence-corrected chi connectivity index (χ3v) is 9.09. The second kappa shape index (κ2) is 16.5. The first-order valence-corrected chi connectivity index (χ1v) is 17.7. The van der Waals surface area contributed by atoms with Crippen LogP contribution in [0.15, 0.2) is 95.5 Å². The molecule has 1 aliphatic heterocycles. The lowest BCUT2D eigenvalue weighted by molar-refractivity contribution is -0.119. The molecule has 1 aromatic heterocycles. The molecule has 9 nitrogen and oxygen atoms in total. The number of hydrogen-bond acceptors (Lipinski definition) is 7. The van der Waals surface area contributed by atoms with Crippen molar-refractivity contribution in [2.45, 2.75) is 59.8 Å². The van der Waals surface area contributed by atoms with E-state index in [1.165, 1.54) is 18.1 Å². The van der Waals surface area contributed by atoms with Crippen LogP contribution in [0, 0.1) is 0 Å². The van der Waals surface area contributed by atoms with Crippen molar-refractivity contribution in [2.75, 3.05) is 26.2 Å². The Kier molecular flexibility index (Phi) is 11.5. The highest BCUT2D eigenvalue weighted by Gasteiger charge is 2.29. The van der Waals surface area contributed by atoms with Gasteiger partial charge < -0.3 is 24.6 Å². The molecular weight excluding hydrogens is 640 g/mol. The van der Waals surface area contributed by atoms with E-state index in [-0.39, 0.29) is 23.4 Å². The van der Waals surface area contributed by atoms with Crippen molar-refractivity contribution in [2.24, 2.45) is 0 Å². The molecule has 0 saturated carbocycles.